The molecule has 0 aliphatic heterocycles. The van der Waals surface area contributed by atoms with Gasteiger partial charge in [-0.15, -0.1) is 10.1 Å². The summed E-state index contributed by atoms with van der Waals surface area (Å²) in [6.07, 6.45) is 0. The molecule has 0 aliphatic rings. The van der Waals surface area contributed by atoms with Crippen molar-refractivity contribution in [3.63, 3.8) is 0 Å². The lowest BCUT2D eigenvalue weighted by atomic mass is 10.2. The van der Waals surface area contributed by atoms with Crippen molar-refractivity contribution in [2.75, 3.05) is 13.2 Å². The maximum Gasteiger partial charge on any atom is 0.308 e. The second-order valence-corrected chi connectivity index (χ2v) is 4.38. The maximum atomic E-state index is 11.9. The number of benzene rings is 1. The Bertz CT molecular complexity index is 534. The average molecular weight is 347 g/mol. The number of halogens is 1. The minimum atomic E-state index is -0.949. The van der Waals surface area contributed by atoms with Gasteiger partial charge in [0.2, 0.25) is 0 Å². The van der Waals surface area contributed by atoms with Gasteiger partial charge >= 0.3 is 5.97 Å². The molecule has 0 saturated heterocycles. The van der Waals surface area contributed by atoms with E-state index in [1.165, 1.54) is 13.0 Å². The monoisotopic (exact) mass is 346 g/mol. The van der Waals surface area contributed by atoms with E-state index in [2.05, 4.69) is 26.1 Å². The molecule has 0 aliphatic carbocycles. The largest absolute Gasteiger partial charge is 0.425 e. The number of carbonyl (C=O) groups is 2. The molecule has 0 atom stereocenters. The Kier molecular flexibility index (Phi) is 5.91. The van der Waals surface area contributed by atoms with E-state index in [1.54, 1.807) is 12.1 Å². The third-order valence-corrected chi connectivity index (χ3v) is 2.67. The minimum absolute atomic E-state index is 0.0498. The Balaban J connectivity index is 2.74. The molecular formula is C11H11BrN2O6. The van der Waals surface area contributed by atoms with Crippen molar-refractivity contribution in [1.82, 2.24) is 5.32 Å². The Morgan fingerprint density at radius 2 is 2.15 bits per heavy atom. The topological polar surface area (TPSA) is 108 Å². The van der Waals surface area contributed by atoms with Gasteiger partial charge in [-0.05, 0) is 28.1 Å². The van der Waals surface area contributed by atoms with Crippen molar-refractivity contribution >= 4 is 27.8 Å². The molecule has 20 heavy (non-hydrogen) atoms. The number of hydrogen-bond acceptors (Lipinski definition) is 6. The molecule has 1 aromatic rings. The lowest BCUT2D eigenvalue weighted by Gasteiger charge is -2.10. The number of ether oxygens (including phenoxy) is 1. The first-order valence-electron chi connectivity index (χ1n) is 5.44. The van der Waals surface area contributed by atoms with Crippen molar-refractivity contribution in [2.24, 2.45) is 0 Å². The maximum absolute atomic E-state index is 11.9. The Hall–Kier alpha value is -2.16. The van der Waals surface area contributed by atoms with E-state index >= 15 is 0 Å². The van der Waals surface area contributed by atoms with Crippen LogP contribution in [0.25, 0.3) is 0 Å². The summed E-state index contributed by atoms with van der Waals surface area (Å²) < 4.78 is 5.40. The molecule has 1 aromatic carbocycles. The smallest absolute Gasteiger partial charge is 0.308 e. The van der Waals surface area contributed by atoms with Crippen LogP contribution in [0.2, 0.25) is 0 Å². The van der Waals surface area contributed by atoms with E-state index in [0.717, 1.165) is 0 Å². The van der Waals surface area contributed by atoms with E-state index in [9.17, 15) is 19.7 Å². The van der Waals surface area contributed by atoms with Crippen LogP contribution >= 0.6 is 15.9 Å². The molecule has 0 spiro atoms. The van der Waals surface area contributed by atoms with Gasteiger partial charge in [0, 0.05) is 13.5 Å². The van der Waals surface area contributed by atoms with Crippen molar-refractivity contribution < 1.29 is 24.3 Å². The predicted octanol–water partition coefficient (Wildman–Crippen LogP) is 1.31. The number of esters is 1. The fraction of sp³-hybridized carbons (Fsp3) is 0.273. The number of rotatable bonds is 6. The first-order valence-corrected chi connectivity index (χ1v) is 6.23. The highest BCUT2D eigenvalue weighted by molar-refractivity contribution is 9.10. The standard InChI is InChI=1S/C11H11BrN2O6/c1-7(15)20-10-8(3-2-4-9(10)12)11(16)13-5-6-19-14(17)18/h2-4H,5-6H2,1H3,(H,13,16). The molecule has 0 fully saturated rings. The molecule has 1 amide bonds. The molecule has 0 radical (unpaired) electrons. The zero-order chi connectivity index (χ0) is 15.1. The summed E-state index contributed by atoms with van der Waals surface area (Å²) in [7, 11) is 0. The second kappa shape index (κ2) is 7.43. The van der Waals surface area contributed by atoms with Gasteiger partial charge < -0.3 is 14.9 Å². The van der Waals surface area contributed by atoms with E-state index in [0.29, 0.717) is 4.47 Å². The SMILES string of the molecule is CC(=O)Oc1c(Br)cccc1C(=O)NCCO[N+](=O)[O-]. The zero-order valence-corrected chi connectivity index (χ0v) is 12.0. The molecule has 8 nitrogen and oxygen atoms in total. The predicted molar refractivity (Wildman–Crippen MR) is 70.7 cm³/mol. The van der Waals surface area contributed by atoms with E-state index < -0.39 is 17.0 Å². The number of para-hydroxylation sites is 1. The quantitative estimate of drug-likeness (QED) is 0.273. The van der Waals surface area contributed by atoms with Crippen LogP contribution < -0.4 is 10.1 Å². The first kappa shape index (κ1) is 15.9. The Morgan fingerprint density at radius 3 is 2.75 bits per heavy atom. The van der Waals surface area contributed by atoms with Gasteiger partial charge in [-0.3, -0.25) is 9.59 Å². The summed E-state index contributed by atoms with van der Waals surface area (Å²) >= 11 is 3.17. The van der Waals surface area contributed by atoms with Crippen molar-refractivity contribution in [1.29, 1.82) is 0 Å². The first-order chi connectivity index (χ1) is 9.41. The van der Waals surface area contributed by atoms with Gasteiger partial charge in [0.05, 0.1) is 10.0 Å². The van der Waals surface area contributed by atoms with E-state index in [-0.39, 0.29) is 24.5 Å². The molecule has 0 bridgehead atoms. The van der Waals surface area contributed by atoms with Gasteiger partial charge in [0.15, 0.2) is 5.75 Å². The molecular weight excluding hydrogens is 336 g/mol. The van der Waals surface area contributed by atoms with Gasteiger partial charge in [-0.1, -0.05) is 6.07 Å². The number of hydrogen-bond donors (Lipinski definition) is 1. The summed E-state index contributed by atoms with van der Waals surface area (Å²) in [6, 6.07) is 4.68. The van der Waals surface area contributed by atoms with Crippen LogP contribution in [-0.2, 0) is 9.63 Å². The van der Waals surface area contributed by atoms with Crippen LogP contribution in [0.15, 0.2) is 22.7 Å². The molecule has 9 heteroatoms. The zero-order valence-electron chi connectivity index (χ0n) is 10.4. The van der Waals surface area contributed by atoms with Gasteiger partial charge in [0.25, 0.3) is 11.0 Å². The van der Waals surface area contributed by atoms with Crippen molar-refractivity contribution in [3.8, 4) is 5.75 Å². The van der Waals surface area contributed by atoms with Crippen LogP contribution in [0, 0.1) is 10.1 Å². The lowest BCUT2D eigenvalue weighted by Crippen LogP contribution is -2.28. The van der Waals surface area contributed by atoms with Crippen LogP contribution in [0.1, 0.15) is 17.3 Å². The molecule has 0 saturated carbocycles. The average Bonchev–Trinajstić information content (AvgIpc) is 2.36. The van der Waals surface area contributed by atoms with Crippen LogP contribution in [0.4, 0.5) is 0 Å². The van der Waals surface area contributed by atoms with E-state index in [1.807, 2.05) is 0 Å². The highest BCUT2D eigenvalue weighted by Crippen LogP contribution is 2.29. The number of nitrogens with one attached hydrogen (secondary N) is 1. The van der Waals surface area contributed by atoms with Crippen molar-refractivity contribution in [3.05, 3.63) is 38.3 Å². The summed E-state index contributed by atoms with van der Waals surface area (Å²) in [6.45, 7) is 0.896. The van der Waals surface area contributed by atoms with Gasteiger partial charge in [-0.25, -0.2) is 0 Å². The minimum Gasteiger partial charge on any atom is -0.425 e. The molecule has 0 aromatic heterocycles. The molecule has 0 unspecified atom stereocenters. The second-order valence-electron chi connectivity index (χ2n) is 3.52. The van der Waals surface area contributed by atoms with Crippen molar-refractivity contribution in [2.45, 2.75) is 6.92 Å². The lowest BCUT2D eigenvalue weighted by molar-refractivity contribution is -0.757. The summed E-state index contributed by atoms with van der Waals surface area (Å²) in [5, 5.41) is 11.4. The molecule has 108 valence electrons. The number of amides is 1. The fourth-order valence-corrected chi connectivity index (χ4v) is 1.76. The van der Waals surface area contributed by atoms with E-state index in [4.69, 9.17) is 4.74 Å². The summed E-state index contributed by atoms with van der Waals surface area (Å²) in [5.74, 6) is -1.01. The number of nitrogens with zero attached hydrogens (tertiary/aromatic N) is 1. The molecule has 0 heterocycles. The summed E-state index contributed by atoms with van der Waals surface area (Å²) in [5.41, 5.74) is 0.135. The third kappa shape index (κ3) is 4.84. The third-order valence-electron chi connectivity index (χ3n) is 2.04. The Labute approximate surface area is 122 Å². The van der Waals surface area contributed by atoms with Crippen LogP contribution in [0.5, 0.6) is 5.75 Å². The van der Waals surface area contributed by atoms with Gasteiger partial charge in [0.1, 0.15) is 6.61 Å². The molecule has 1 N–H and O–H groups in total. The van der Waals surface area contributed by atoms with Gasteiger partial charge in [-0.2, -0.15) is 0 Å². The highest BCUT2D eigenvalue weighted by Gasteiger charge is 2.16. The Morgan fingerprint density at radius 1 is 1.45 bits per heavy atom. The summed E-state index contributed by atoms with van der Waals surface area (Å²) in [4.78, 5) is 36.9. The number of carbonyl (C=O) groups excluding carboxylic acids is 2. The molecule has 1 rings (SSSR count). The highest BCUT2D eigenvalue weighted by atomic mass is 79.9. The van der Waals surface area contributed by atoms with Crippen LogP contribution in [-0.4, -0.2) is 30.1 Å². The normalized spacial score (nSPS) is 9.70. The fourth-order valence-electron chi connectivity index (χ4n) is 1.32. The van der Waals surface area contributed by atoms with Crippen LogP contribution in [0.3, 0.4) is 0 Å².